The number of carbonyl (C=O) groups is 1. The first-order valence-corrected chi connectivity index (χ1v) is 7.12. The smallest absolute Gasteiger partial charge is 0.234 e. The van der Waals surface area contributed by atoms with Gasteiger partial charge in [0.2, 0.25) is 5.91 Å². The number of hydrogen-bond donors (Lipinski definition) is 2. The first-order chi connectivity index (χ1) is 8.45. The highest BCUT2D eigenvalue weighted by atomic mass is 32.2. The summed E-state index contributed by atoms with van der Waals surface area (Å²) in [6.07, 6.45) is 0.933. The van der Waals surface area contributed by atoms with Crippen molar-refractivity contribution in [2.75, 3.05) is 17.6 Å². The van der Waals surface area contributed by atoms with Crippen molar-refractivity contribution in [1.82, 2.24) is 9.78 Å². The van der Waals surface area contributed by atoms with Gasteiger partial charge in [-0.3, -0.25) is 9.48 Å². The van der Waals surface area contributed by atoms with Gasteiger partial charge in [-0.1, -0.05) is 6.92 Å². The van der Waals surface area contributed by atoms with E-state index in [0.717, 1.165) is 23.5 Å². The van der Waals surface area contributed by atoms with Gasteiger partial charge in [-0.05, 0) is 26.8 Å². The average molecular weight is 270 g/mol. The van der Waals surface area contributed by atoms with E-state index in [0.29, 0.717) is 17.5 Å². The summed E-state index contributed by atoms with van der Waals surface area (Å²) in [6, 6.07) is 0. The molecule has 6 heteroatoms. The molecule has 1 heterocycles. The molecular formula is C12H22N4OS. The van der Waals surface area contributed by atoms with Crippen LogP contribution in [0.3, 0.4) is 0 Å². The largest absolute Gasteiger partial charge is 0.330 e. The molecule has 102 valence electrons. The molecule has 0 aromatic carbocycles. The van der Waals surface area contributed by atoms with E-state index in [9.17, 15) is 4.79 Å². The number of amides is 1. The Hall–Kier alpha value is -1.01. The molecule has 1 aromatic heterocycles. The van der Waals surface area contributed by atoms with Crippen LogP contribution in [0.1, 0.15) is 24.7 Å². The van der Waals surface area contributed by atoms with E-state index >= 15 is 0 Å². The second-order valence-electron chi connectivity index (χ2n) is 4.42. The maximum Gasteiger partial charge on any atom is 0.234 e. The zero-order valence-corrected chi connectivity index (χ0v) is 12.3. The molecule has 1 aromatic rings. The molecule has 0 saturated carbocycles. The van der Waals surface area contributed by atoms with Gasteiger partial charge in [-0.25, -0.2) is 0 Å². The lowest BCUT2D eigenvalue weighted by Crippen LogP contribution is -2.17. The highest BCUT2D eigenvalue weighted by molar-refractivity contribution is 8.00. The molecule has 0 bridgehead atoms. The number of nitrogens with zero attached hydrogens (tertiary/aromatic N) is 2. The Morgan fingerprint density at radius 1 is 1.56 bits per heavy atom. The number of nitrogens with two attached hydrogens (primary N) is 1. The Morgan fingerprint density at radius 3 is 2.72 bits per heavy atom. The first kappa shape index (κ1) is 15.0. The van der Waals surface area contributed by atoms with Crippen molar-refractivity contribution in [3.05, 3.63) is 11.4 Å². The number of aryl methyl sites for hydroxylation is 2. The van der Waals surface area contributed by atoms with Crippen LogP contribution < -0.4 is 11.1 Å². The Kier molecular flexibility index (Phi) is 5.68. The van der Waals surface area contributed by atoms with E-state index < -0.39 is 0 Å². The van der Waals surface area contributed by atoms with Crippen LogP contribution in [0.15, 0.2) is 0 Å². The van der Waals surface area contributed by atoms with Gasteiger partial charge in [0.05, 0.1) is 22.8 Å². The molecule has 0 aliphatic heterocycles. The molecule has 1 amide bonds. The van der Waals surface area contributed by atoms with Gasteiger partial charge < -0.3 is 11.1 Å². The third-order valence-electron chi connectivity index (χ3n) is 2.85. The summed E-state index contributed by atoms with van der Waals surface area (Å²) < 4.78 is 1.77. The van der Waals surface area contributed by atoms with E-state index in [4.69, 9.17) is 5.73 Å². The molecular weight excluding hydrogens is 248 g/mol. The minimum absolute atomic E-state index is 0.0167. The summed E-state index contributed by atoms with van der Waals surface area (Å²) in [4.78, 5) is 11.8. The highest BCUT2D eigenvalue weighted by Crippen LogP contribution is 2.19. The number of carbonyl (C=O) groups excluding carboxylic acids is 1. The Labute approximate surface area is 112 Å². The van der Waals surface area contributed by atoms with Crippen molar-refractivity contribution >= 4 is 23.4 Å². The minimum Gasteiger partial charge on any atom is -0.330 e. The third kappa shape index (κ3) is 4.03. The molecule has 0 aliphatic rings. The topological polar surface area (TPSA) is 72.9 Å². The van der Waals surface area contributed by atoms with Crippen molar-refractivity contribution in [1.29, 1.82) is 0 Å². The summed E-state index contributed by atoms with van der Waals surface area (Å²) in [5.74, 6) is 0.470. The van der Waals surface area contributed by atoms with Gasteiger partial charge in [0.25, 0.3) is 0 Å². The predicted molar refractivity (Wildman–Crippen MR) is 76.9 cm³/mol. The van der Waals surface area contributed by atoms with Gasteiger partial charge >= 0.3 is 0 Å². The molecule has 3 N–H and O–H groups in total. The van der Waals surface area contributed by atoms with Crippen molar-refractivity contribution in [3.8, 4) is 0 Å². The van der Waals surface area contributed by atoms with Crippen LogP contribution in [0.25, 0.3) is 0 Å². The van der Waals surface area contributed by atoms with Gasteiger partial charge in [0.1, 0.15) is 0 Å². The van der Waals surface area contributed by atoms with Gasteiger partial charge in [0, 0.05) is 12.3 Å². The standard InChI is InChI=1S/C12H22N4OS/c1-8(5-6-13)18-7-11(17)14-12-9(2)15-16(4)10(12)3/h8H,5-7,13H2,1-4H3,(H,14,17). The molecule has 1 atom stereocenters. The fraction of sp³-hybridized carbons (Fsp3) is 0.667. The second kappa shape index (κ2) is 6.80. The Morgan fingerprint density at radius 2 is 2.22 bits per heavy atom. The lowest BCUT2D eigenvalue weighted by Gasteiger charge is -2.10. The van der Waals surface area contributed by atoms with Crippen LogP contribution in [0.2, 0.25) is 0 Å². The number of aromatic nitrogens is 2. The molecule has 18 heavy (non-hydrogen) atoms. The number of hydrogen-bond acceptors (Lipinski definition) is 4. The predicted octanol–water partition coefficient (Wildman–Crippen LogP) is 1.45. The van der Waals surface area contributed by atoms with Crippen molar-refractivity contribution < 1.29 is 4.79 Å². The normalized spacial score (nSPS) is 12.5. The highest BCUT2D eigenvalue weighted by Gasteiger charge is 2.13. The van der Waals surface area contributed by atoms with Crippen molar-refractivity contribution in [2.45, 2.75) is 32.4 Å². The average Bonchev–Trinajstić information content (AvgIpc) is 2.54. The Bertz CT molecular complexity index is 416. The summed E-state index contributed by atoms with van der Waals surface area (Å²) in [6.45, 7) is 6.59. The first-order valence-electron chi connectivity index (χ1n) is 6.07. The molecule has 1 unspecified atom stereocenters. The van der Waals surface area contributed by atoms with Crippen LogP contribution in [0, 0.1) is 13.8 Å². The minimum atomic E-state index is 0.0167. The maximum absolute atomic E-state index is 11.8. The monoisotopic (exact) mass is 270 g/mol. The maximum atomic E-state index is 11.8. The zero-order valence-electron chi connectivity index (χ0n) is 11.5. The molecule has 0 radical (unpaired) electrons. The van der Waals surface area contributed by atoms with Crippen LogP contribution in [-0.2, 0) is 11.8 Å². The molecule has 0 saturated heterocycles. The van der Waals surface area contributed by atoms with E-state index in [-0.39, 0.29) is 5.91 Å². The van der Waals surface area contributed by atoms with E-state index in [1.54, 1.807) is 16.4 Å². The quantitative estimate of drug-likeness (QED) is 0.820. The van der Waals surface area contributed by atoms with Gasteiger partial charge in [-0.2, -0.15) is 5.10 Å². The number of nitrogens with one attached hydrogen (secondary N) is 1. The lowest BCUT2D eigenvalue weighted by molar-refractivity contribution is -0.113. The van der Waals surface area contributed by atoms with Crippen molar-refractivity contribution in [3.63, 3.8) is 0 Å². The lowest BCUT2D eigenvalue weighted by atomic mass is 10.3. The third-order valence-corrected chi connectivity index (χ3v) is 4.08. The molecule has 0 fully saturated rings. The molecule has 0 aliphatic carbocycles. The molecule has 5 nitrogen and oxygen atoms in total. The van der Waals surface area contributed by atoms with Crippen molar-refractivity contribution in [2.24, 2.45) is 12.8 Å². The fourth-order valence-electron chi connectivity index (χ4n) is 1.67. The summed E-state index contributed by atoms with van der Waals surface area (Å²) in [7, 11) is 1.87. The number of anilines is 1. The van der Waals surface area contributed by atoms with Crippen LogP contribution in [0.5, 0.6) is 0 Å². The van der Waals surface area contributed by atoms with Crippen LogP contribution in [-0.4, -0.2) is 33.2 Å². The van der Waals surface area contributed by atoms with Gasteiger partial charge in [-0.15, -0.1) is 11.8 Å². The summed E-state index contributed by atoms with van der Waals surface area (Å²) >= 11 is 1.63. The van der Waals surface area contributed by atoms with Crippen LogP contribution in [0.4, 0.5) is 5.69 Å². The van der Waals surface area contributed by atoms with Gasteiger partial charge in [0.15, 0.2) is 0 Å². The van der Waals surface area contributed by atoms with E-state index in [1.807, 2.05) is 20.9 Å². The SMILES string of the molecule is Cc1nn(C)c(C)c1NC(=O)CSC(C)CCN. The van der Waals surface area contributed by atoms with E-state index in [1.165, 1.54) is 0 Å². The molecule has 0 spiro atoms. The number of rotatable bonds is 6. The fourth-order valence-corrected chi connectivity index (χ4v) is 2.48. The number of thioether (sulfide) groups is 1. The summed E-state index contributed by atoms with van der Waals surface area (Å²) in [5, 5.41) is 7.60. The second-order valence-corrected chi connectivity index (χ2v) is 5.84. The zero-order chi connectivity index (χ0) is 13.7. The van der Waals surface area contributed by atoms with E-state index in [2.05, 4.69) is 17.3 Å². The summed E-state index contributed by atoms with van der Waals surface area (Å²) in [5.41, 5.74) is 8.13. The van der Waals surface area contributed by atoms with Crippen LogP contribution >= 0.6 is 11.8 Å². The Balaban J connectivity index is 2.50. The molecule has 1 rings (SSSR count).